The Labute approximate surface area is 181 Å². The van der Waals surface area contributed by atoms with Gasteiger partial charge in [0.2, 0.25) is 0 Å². The number of amides is 1. The fraction of sp³-hybridized carbons (Fsp3) is 0.333. The number of ether oxygens (including phenoxy) is 1. The fourth-order valence-corrected chi connectivity index (χ4v) is 3.86. The summed E-state index contributed by atoms with van der Waals surface area (Å²) in [6, 6.07) is 13.8. The van der Waals surface area contributed by atoms with E-state index in [4.69, 9.17) is 9.26 Å². The van der Waals surface area contributed by atoms with E-state index in [0.717, 1.165) is 36.5 Å². The summed E-state index contributed by atoms with van der Waals surface area (Å²) in [5, 5.41) is 6.98. The fourth-order valence-electron chi connectivity index (χ4n) is 3.86. The van der Waals surface area contributed by atoms with E-state index in [-0.39, 0.29) is 11.7 Å². The highest BCUT2D eigenvalue weighted by molar-refractivity contribution is 5.96. The van der Waals surface area contributed by atoms with Crippen LogP contribution in [0.1, 0.15) is 33.8 Å². The van der Waals surface area contributed by atoms with E-state index in [1.165, 1.54) is 12.1 Å². The summed E-state index contributed by atoms with van der Waals surface area (Å²) in [6.45, 7) is 6.30. The molecule has 1 aliphatic rings. The van der Waals surface area contributed by atoms with E-state index < -0.39 is 0 Å². The van der Waals surface area contributed by atoms with Crippen LogP contribution in [0.15, 0.2) is 53.1 Å². The van der Waals surface area contributed by atoms with Crippen LogP contribution >= 0.6 is 0 Å². The number of nitrogens with zero attached hydrogens (tertiary/aromatic N) is 2. The van der Waals surface area contributed by atoms with Crippen LogP contribution in [0.2, 0.25) is 0 Å². The molecular formula is C24H26FN3O3. The highest BCUT2D eigenvalue weighted by Gasteiger charge is 2.24. The Bertz CT molecular complexity index is 1030. The smallest absolute Gasteiger partial charge is 0.255 e. The molecule has 1 aliphatic heterocycles. The van der Waals surface area contributed by atoms with Crippen molar-refractivity contribution in [3.05, 3.63) is 76.9 Å². The number of hydrogen-bond donors (Lipinski definition) is 1. The van der Waals surface area contributed by atoms with Gasteiger partial charge in [0.1, 0.15) is 23.9 Å². The van der Waals surface area contributed by atoms with Crippen molar-refractivity contribution in [2.75, 3.05) is 24.5 Å². The first-order valence-corrected chi connectivity index (χ1v) is 10.4. The standard InChI is InChI=1S/C24H26FN3O3/c1-16-22(17(2)31-27-16)15-30-23-6-4-3-5-21(23)24(29)26-13-18-11-12-28(14-18)20-9-7-19(25)8-10-20/h3-10,18H,11-15H2,1-2H3,(H,26,29). The molecule has 3 aromatic rings. The molecule has 0 spiro atoms. The van der Waals surface area contributed by atoms with Crippen LogP contribution in [0, 0.1) is 25.6 Å². The SMILES string of the molecule is Cc1noc(C)c1COc1ccccc1C(=O)NCC1CCN(c2ccc(F)cc2)C1. The van der Waals surface area contributed by atoms with Crippen molar-refractivity contribution >= 4 is 11.6 Å². The third-order valence-corrected chi connectivity index (χ3v) is 5.71. The molecular weight excluding hydrogens is 397 g/mol. The number of carbonyl (C=O) groups excluding carboxylic acids is 1. The maximum Gasteiger partial charge on any atom is 0.255 e. The van der Waals surface area contributed by atoms with E-state index in [0.29, 0.717) is 36.1 Å². The molecule has 0 bridgehead atoms. The quantitative estimate of drug-likeness (QED) is 0.615. The van der Waals surface area contributed by atoms with Crippen molar-refractivity contribution in [3.8, 4) is 5.75 Å². The van der Waals surface area contributed by atoms with Gasteiger partial charge in [-0.1, -0.05) is 17.3 Å². The molecule has 6 nitrogen and oxygen atoms in total. The molecule has 4 rings (SSSR count). The number of aromatic nitrogens is 1. The van der Waals surface area contributed by atoms with Crippen LogP contribution in [0.5, 0.6) is 5.75 Å². The van der Waals surface area contributed by atoms with E-state index in [1.54, 1.807) is 24.3 Å². The number of carbonyl (C=O) groups is 1. The van der Waals surface area contributed by atoms with E-state index in [9.17, 15) is 9.18 Å². The predicted molar refractivity (Wildman–Crippen MR) is 116 cm³/mol. The largest absolute Gasteiger partial charge is 0.488 e. The van der Waals surface area contributed by atoms with Crippen LogP contribution in [-0.2, 0) is 6.61 Å². The van der Waals surface area contributed by atoms with Crippen molar-refractivity contribution in [3.63, 3.8) is 0 Å². The second-order valence-corrected chi connectivity index (χ2v) is 7.87. The average Bonchev–Trinajstić information content (AvgIpc) is 3.38. The second-order valence-electron chi connectivity index (χ2n) is 7.87. The Balaban J connectivity index is 1.33. The highest BCUT2D eigenvalue weighted by atomic mass is 19.1. The number of anilines is 1. The van der Waals surface area contributed by atoms with Gasteiger partial charge in [-0.3, -0.25) is 4.79 Å². The summed E-state index contributed by atoms with van der Waals surface area (Å²) >= 11 is 0. The van der Waals surface area contributed by atoms with Crippen LogP contribution in [0.3, 0.4) is 0 Å². The first-order valence-electron chi connectivity index (χ1n) is 10.4. The van der Waals surface area contributed by atoms with Gasteiger partial charge in [-0.05, 0) is 62.6 Å². The topological polar surface area (TPSA) is 67.6 Å². The minimum absolute atomic E-state index is 0.158. The van der Waals surface area contributed by atoms with Gasteiger partial charge in [0.05, 0.1) is 16.8 Å². The summed E-state index contributed by atoms with van der Waals surface area (Å²) in [6.07, 6.45) is 0.974. The molecule has 0 radical (unpaired) electrons. The van der Waals surface area contributed by atoms with Gasteiger partial charge in [0.15, 0.2) is 0 Å². The lowest BCUT2D eigenvalue weighted by atomic mass is 10.1. The summed E-state index contributed by atoms with van der Waals surface area (Å²) in [5.41, 5.74) is 3.18. The minimum atomic E-state index is -0.234. The van der Waals surface area contributed by atoms with Crippen molar-refractivity contribution in [1.82, 2.24) is 10.5 Å². The Morgan fingerprint density at radius 1 is 1.23 bits per heavy atom. The zero-order chi connectivity index (χ0) is 21.8. The number of hydrogen-bond acceptors (Lipinski definition) is 5. The minimum Gasteiger partial charge on any atom is -0.488 e. The molecule has 7 heteroatoms. The molecule has 1 N–H and O–H groups in total. The summed E-state index contributed by atoms with van der Waals surface area (Å²) in [7, 11) is 0. The lowest BCUT2D eigenvalue weighted by Crippen LogP contribution is -2.31. The number of halogens is 1. The molecule has 1 amide bonds. The molecule has 2 heterocycles. The summed E-state index contributed by atoms with van der Waals surface area (Å²) < 4.78 is 24.2. The normalized spacial score (nSPS) is 15.8. The molecule has 1 aromatic heterocycles. The average molecular weight is 423 g/mol. The monoisotopic (exact) mass is 423 g/mol. The maximum atomic E-state index is 13.1. The van der Waals surface area contributed by atoms with Crippen LogP contribution < -0.4 is 15.0 Å². The lowest BCUT2D eigenvalue weighted by molar-refractivity contribution is 0.0943. The Hall–Kier alpha value is -3.35. The van der Waals surface area contributed by atoms with E-state index in [1.807, 2.05) is 26.0 Å². The van der Waals surface area contributed by atoms with Gasteiger partial charge in [-0.2, -0.15) is 0 Å². The first-order chi connectivity index (χ1) is 15.0. The summed E-state index contributed by atoms with van der Waals surface area (Å²) in [5.74, 6) is 1.19. The number of para-hydroxylation sites is 1. The van der Waals surface area contributed by atoms with Crippen molar-refractivity contribution < 1.29 is 18.4 Å². The number of benzene rings is 2. The van der Waals surface area contributed by atoms with Crippen molar-refractivity contribution in [2.45, 2.75) is 26.9 Å². The molecule has 1 atom stereocenters. The maximum absolute atomic E-state index is 13.1. The third kappa shape index (κ3) is 4.87. The van der Waals surface area contributed by atoms with Gasteiger partial charge in [0.25, 0.3) is 5.91 Å². The van der Waals surface area contributed by atoms with Gasteiger partial charge >= 0.3 is 0 Å². The molecule has 1 saturated heterocycles. The zero-order valence-electron chi connectivity index (χ0n) is 17.7. The molecule has 162 valence electrons. The molecule has 31 heavy (non-hydrogen) atoms. The number of nitrogens with one attached hydrogen (secondary N) is 1. The molecule has 0 saturated carbocycles. The molecule has 1 unspecified atom stereocenters. The Kier molecular flexibility index (Phi) is 6.21. The lowest BCUT2D eigenvalue weighted by Gasteiger charge is -2.19. The molecule has 1 fully saturated rings. The Morgan fingerprint density at radius 3 is 2.74 bits per heavy atom. The number of aryl methyl sites for hydroxylation is 2. The molecule has 2 aromatic carbocycles. The first kappa shape index (κ1) is 20.9. The third-order valence-electron chi connectivity index (χ3n) is 5.71. The van der Waals surface area contributed by atoms with Crippen LogP contribution in [0.4, 0.5) is 10.1 Å². The van der Waals surface area contributed by atoms with Gasteiger partial charge in [-0.25, -0.2) is 4.39 Å². The summed E-state index contributed by atoms with van der Waals surface area (Å²) in [4.78, 5) is 15.0. The second kappa shape index (κ2) is 9.20. The number of rotatable bonds is 7. The van der Waals surface area contributed by atoms with Crippen LogP contribution in [0.25, 0.3) is 0 Å². The van der Waals surface area contributed by atoms with Gasteiger partial charge in [0, 0.05) is 25.3 Å². The van der Waals surface area contributed by atoms with Gasteiger partial charge in [-0.15, -0.1) is 0 Å². The van der Waals surface area contributed by atoms with E-state index >= 15 is 0 Å². The van der Waals surface area contributed by atoms with Gasteiger partial charge < -0.3 is 19.5 Å². The predicted octanol–water partition coefficient (Wildman–Crippen LogP) is 4.27. The Morgan fingerprint density at radius 2 is 2.00 bits per heavy atom. The van der Waals surface area contributed by atoms with Crippen LogP contribution in [-0.4, -0.2) is 30.7 Å². The molecule has 0 aliphatic carbocycles. The highest BCUT2D eigenvalue weighted by Crippen LogP contribution is 2.25. The van der Waals surface area contributed by atoms with E-state index in [2.05, 4.69) is 15.4 Å². The van der Waals surface area contributed by atoms with Crippen molar-refractivity contribution in [2.24, 2.45) is 5.92 Å². The van der Waals surface area contributed by atoms with Crippen molar-refractivity contribution in [1.29, 1.82) is 0 Å². The zero-order valence-corrected chi connectivity index (χ0v) is 17.7.